The van der Waals surface area contributed by atoms with Crippen LogP contribution < -0.4 is 4.90 Å². The van der Waals surface area contributed by atoms with Crippen LogP contribution in [0.2, 0.25) is 0 Å². The van der Waals surface area contributed by atoms with Crippen LogP contribution in [0.25, 0.3) is 0 Å². The number of aromatic nitrogens is 1. The Bertz CT molecular complexity index is 431. The molecule has 1 aromatic rings. The van der Waals surface area contributed by atoms with E-state index in [1.165, 1.54) is 52.0 Å². The fraction of sp³-hybridized carbons (Fsp3) is 0.706. The van der Waals surface area contributed by atoms with Crippen molar-refractivity contribution in [2.24, 2.45) is 11.3 Å². The predicted molar refractivity (Wildman–Crippen MR) is 84.0 cm³/mol. The Balaban J connectivity index is 1.66. The summed E-state index contributed by atoms with van der Waals surface area (Å²) in [5.74, 6) is 1.93. The van der Waals surface area contributed by atoms with Gasteiger partial charge in [0.25, 0.3) is 0 Å². The molecule has 1 atom stereocenters. The van der Waals surface area contributed by atoms with Gasteiger partial charge < -0.3 is 9.80 Å². The smallest absolute Gasteiger partial charge is 0.128 e. The van der Waals surface area contributed by atoms with Crippen molar-refractivity contribution in [2.75, 3.05) is 37.6 Å². The molecule has 0 unspecified atom stereocenters. The second-order valence-corrected chi connectivity index (χ2v) is 7.09. The number of pyridine rings is 1. The van der Waals surface area contributed by atoms with Crippen molar-refractivity contribution in [3.8, 4) is 0 Å². The van der Waals surface area contributed by atoms with Crippen LogP contribution in [0.1, 0.15) is 33.1 Å². The molecule has 3 rings (SSSR count). The van der Waals surface area contributed by atoms with Gasteiger partial charge in [-0.05, 0) is 43.9 Å². The number of nitrogens with zero attached hydrogens (tertiary/aromatic N) is 3. The molecule has 2 fully saturated rings. The van der Waals surface area contributed by atoms with Crippen LogP contribution in [0, 0.1) is 11.3 Å². The predicted octanol–water partition coefficient (Wildman–Crippen LogP) is 3.03. The average molecular weight is 273 g/mol. The Morgan fingerprint density at radius 1 is 1.20 bits per heavy atom. The van der Waals surface area contributed by atoms with Crippen molar-refractivity contribution >= 4 is 5.82 Å². The van der Waals surface area contributed by atoms with Crippen LogP contribution >= 0.6 is 0 Å². The lowest BCUT2D eigenvalue weighted by Crippen LogP contribution is -2.46. The lowest BCUT2D eigenvalue weighted by molar-refractivity contribution is 0.0951. The summed E-state index contributed by atoms with van der Waals surface area (Å²) in [6.45, 7) is 10.9. The number of anilines is 1. The van der Waals surface area contributed by atoms with Crippen LogP contribution in [-0.2, 0) is 0 Å². The summed E-state index contributed by atoms with van der Waals surface area (Å²) in [6, 6.07) is 6.24. The van der Waals surface area contributed by atoms with E-state index in [0.717, 1.165) is 11.7 Å². The Kier molecular flexibility index (Phi) is 3.97. The Morgan fingerprint density at radius 2 is 2.10 bits per heavy atom. The Labute approximate surface area is 123 Å². The standard InChI is InChI=1S/C17H27N3/c1-15(2)12-19-10-5-7-17(13-19)8-11-20(14-17)16-6-3-4-9-18-16/h3-4,6,9,15H,5,7-8,10-14H2,1-2H3/t17-/m1/s1. The third kappa shape index (κ3) is 2.98. The van der Waals surface area contributed by atoms with Gasteiger partial charge in [-0.2, -0.15) is 0 Å². The molecule has 0 aromatic carbocycles. The first kappa shape index (κ1) is 13.9. The maximum atomic E-state index is 4.52. The topological polar surface area (TPSA) is 19.4 Å². The van der Waals surface area contributed by atoms with E-state index in [2.05, 4.69) is 40.8 Å². The van der Waals surface area contributed by atoms with E-state index in [1.54, 1.807) is 0 Å². The average Bonchev–Trinajstić information content (AvgIpc) is 2.83. The van der Waals surface area contributed by atoms with Crippen molar-refractivity contribution < 1.29 is 0 Å². The zero-order valence-corrected chi connectivity index (χ0v) is 12.9. The van der Waals surface area contributed by atoms with E-state index < -0.39 is 0 Å². The van der Waals surface area contributed by atoms with Crippen molar-refractivity contribution in [3.63, 3.8) is 0 Å². The molecule has 20 heavy (non-hydrogen) atoms. The molecule has 1 aromatic heterocycles. The summed E-state index contributed by atoms with van der Waals surface area (Å²) in [7, 11) is 0. The molecule has 0 bridgehead atoms. The fourth-order valence-corrected chi connectivity index (χ4v) is 3.99. The summed E-state index contributed by atoms with van der Waals surface area (Å²) in [6.07, 6.45) is 6.00. The SMILES string of the molecule is CC(C)CN1CCC[C@@]2(CCN(c3ccccn3)C2)C1. The van der Waals surface area contributed by atoms with E-state index in [-0.39, 0.29) is 0 Å². The lowest BCUT2D eigenvalue weighted by atomic mass is 9.79. The zero-order chi connectivity index (χ0) is 14.0. The first-order chi connectivity index (χ1) is 9.67. The van der Waals surface area contributed by atoms with Gasteiger partial charge in [0, 0.05) is 37.8 Å². The van der Waals surface area contributed by atoms with Crippen LogP contribution in [0.3, 0.4) is 0 Å². The highest BCUT2D eigenvalue weighted by molar-refractivity contribution is 5.39. The van der Waals surface area contributed by atoms with Crippen molar-refractivity contribution in [1.29, 1.82) is 0 Å². The maximum absolute atomic E-state index is 4.52. The molecule has 3 heterocycles. The first-order valence-electron chi connectivity index (χ1n) is 8.05. The van der Waals surface area contributed by atoms with E-state index in [4.69, 9.17) is 0 Å². The largest absolute Gasteiger partial charge is 0.356 e. The molecule has 0 N–H and O–H groups in total. The second-order valence-electron chi connectivity index (χ2n) is 7.09. The van der Waals surface area contributed by atoms with E-state index in [9.17, 15) is 0 Å². The normalized spacial score (nSPS) is 27.6. The molecule has 2 aliphatic rings. The number of hydrogen-bond donors (Lipinski definition) is 0. The quantitative estimate of drug-likeness (QED) is 0.844. The monoisotopic (exact) mass is 273 g/mol. The zero-order valence-electron chi connectivity index (χ0n) is 12.9. The minimum absolute atomic E-state index is 0.519. The molecule has 110 valence electrons. The third-order valence-electron chi connectivity index (χ3n) is 4.78. The molecule has 0 radical (unpaired) electrons. The highest BCUT2D eigenvalue weighted by Gasteiger charge is 2.41. The van der Waals surface area contributed by atoms with Crippen LogP contribution in [0.4, 0.5) is 5.82 Å². The molecule has 3 heteroatoms. The summed E-state index contributed by atoms with van der Waals surface area (Å²) in [5, 5.41) is 0. The minimum Gasteiger partial charge on any atom is -0.356 e. The second kappa shape index (κ2) is 5.72. The summed E-state index contributed by atoms with van der Waals surface area (Å²) in [5.41, 5.74) is 0.519. The van der Waals surface area contributed by atoms with Crippen molar-refractivity contribution in [2.45, 2.75) is 33.1 Å². The van der Waals surface area contributed by atoms with Crippen LogP contribution in [0.15, 0.2) is 24.4 Å². The molecular weight excluding hydrogens is 246 g/mol. The minimum atomic E-state index is 0.519. The third-order valence-corrected chi connectivity index (χ3v) is 4.78. The van der Waals surface area contributed by atoms with Gasteiger partial charge in [-0.3, -0.25) is 0 Å². The van der Waals surface area contributed by atoms with E-state index >= 15 is 0 Å². The number of hydrogen-bond acceptors (Lipinski definition) is 3. The van der Waals surface area contributed by atoms with Gasteiger partial charge in [-0.15, -0.1) is 0 Å². The van der Waals surface area contributed by atoms with E-state index in [1.807, 2.05) is 12.3 Å². The first-order valence-corrected chi connectivity index (χ1v) is 8.05. The van der Waals surface area contributed by atoms with Gasteiger partial charge in [0.15, 0.2) is 0 Å². The molecule has 0 saturated carbocycles. The maximum Gasteiger partial charge on any atom is 0.128 e. The Morgan fingerprint density at radius 3 is 2.85 bits per heavy atom. The van der Waals surface area contributed by atoms with Gasteiger partial charge >= 0.3 is 0 Å². The van der Waals surface area contributed by atoms with Crippen LogP contribution in [0.5, 0.6) is 0 Å². The molecule has 1 spiro atoms. The lowest BCUT2D eigenvalue weighted by Gasteiger charge is -2.41. The summed E-state index contributed by atoms with van der Waals surface area (Å²) < 4.78 is 0. The summed E-state index contributed by atoms with van der Waals surface area (Å²) in [4.78, 5) is 9.69. The number of rotatable bonds is 3. The molecule has 0 amide bonds. The van der Waals surface area contributed by atoms with Crippen molar-refractivity contribution in [1.82, 2.24) is 9.88 Å². The molecule has 2 saturated heterocycles. The highest BCUT2D eigenvalue weighted by Crippen LogP contribution is 2.40. The summed E-state index contributed by atoms with van der Waals surface area (Å²) >= 11 is 0. The van der Waals surface area contributed by atoms with Gasteiger partial charge in [-0.1, -0.05) is 19.9 Å². The molecule has 3 nitrogen and oxygen atoms in total. The molecule has 2 aliphatic heterocycles. The fourth-order valence-electron chi connectivity index (χ4n) is 3.99. The Hall–Kier alpha value is -1.09. The highest BCUT2D eigenvalue weighted by atomic mass is 15.2. The van der Waals surface area contributed by atoms with Crippen LogP contribution in [-0.4, -0.2) is 42.6 Å². The van der Waals surface area contributed by atoms with Gasteiger partial charge in [0.05, 0.1) is 0 Å². The van der Waals surface area contributed by atoms with Gasteiger partial charge in [0.2, 0.25) is 0 Å². The van der Waals surface area contributed by atoms with Crippen molar-refractivity contribution in [3.05, 3.63) is 24.4 Å². The van der Waals surface area contributed by atoms with Gasteiger partial charge in [0.1, 0.15) is 5.82 Å². The number of likely N-dealkylation sites (tertiary alicyclic amines) is 1. The molecule has 0 aliphatic carbocycles. The van der Waals surface area contributed by atoms with E-state index in [0.29, 0.717) is 5.41 Å². The molecular formula is C17H27N3. The number of piperidine rings is 1. The van der Waals surface area contributed by atoms with Gasteiger partial charge in [-0.25, -0.2) is 4.98 Å².